The van der Waals surface area contributed by atoms with Crippen LogP contribution in [0, 0.1) is 6.92 Å². The van der Waals surface area contributed by atoms with E-state index < -0.39 is 0 Å². The molecule has 0 aliphatic rings. The Morgan fingerprint density at radius 1 is 1.57 bits per heavy atom. The van der Waals surface area contributed by atoms with Crippen molar-refractivity contribution in [2.24, 2.45) is 0 Å². The van der Waals surface area contributed by atoms with Gasteiger partial charge in [0.2, 0.25) is 0 Å². The first-order chi connectivity index (χ1) is 6.77. The molecule has 0 fully saturated rings. The number of aromatic nitrogens is 3. The number of amides is 1. The van der Waals surface area contributed by atoms with Crippen LogP contribution in [0.25, 0.3) is 0 Å². The van der Waals surface area contributed by atoms with Crippen LogP contribution in [0.2, 0.25) is 0 Å². The minimum atomic E-state index is -0.178. The molecule has 0 atom stereocenters. The molecule has 3 N–H and O–H groups in total. The van der Waals surface area contributed by atoms with Crippen molar-refractivity contribution in [3.8, 4) is 0 Å². The summed E-state index contributed by atoms with van der Waals surface area (Å²) >= 11 is 0. The predicted molar refractivity (Wildman–Crippen MR) is 52.1 cm³/mol. The van der Waals surface area contributed by atoms with Gasteiger partial charge in [-0.15, -0.1) is 0 Å². The molecule has 2 rings (SSSR count). The van der Waals surface area contributed by atoms with Gasteiger partial charge >= 0.3 is 0 Å². The Labute approximate surface area is 80.5 Å². The maximum atomic E-state index is 11.5. The molecule has 5 heteroatoms. The monoisotopic (exact) mass is 190 g/mol. The maximum Gasteiger partial charge on any atom is 0.273 e. The Balaban J connectivity index is 2.13. The van der Waals surface area contributed by atoms with Crippen LogP contribution in [0.3, 0.4) is 0 Å². The largest absolute Gasteiger partial charge is 0.357 e. The second-order valence-electron chi connectivity index (χ2n) is 2.97. The fourth-order valence-electron chi connectivity index (χ4n) is 1.13. The van der Waals surface area contributed by atoms with Crippen molar-refractivity contribution in [1.29, 1.82) is 0 Å². The van der Waals surface area contributed by atoms with Crippen molar-refractivity contribution in [3.63, 3.8) is 0 Å². The minimum Gasteiger partial charge on any atom is -0.357 e. The molecular weight excluding hydrogens is 180 g/mol. The summed E-state index contributed by atoms with van der Waals surface area (Å²) in [5.41, 5.74) is 1.43. The van der Waals surface area contributed by atoms with E-state index in [0.29, 0.717) is 11.5 Å². The molecule has 0 spiro atoms. The number of rotatable bonds is 2. The fourth-order valence-corrected chi connectivity index (χ4v) is 1.13. The van der Waals surface area contributed by atoms with E-state index in [9.17, 15) is 4.79 Å². The third kappa shape index (κ3) is 1.52. The number of aromatic amines is 2. The third-order valence-electron chi connectivity index (χ3n) is 1.91. The van der Waals surface area contributed by atoms with Crippen molar-refractivity contribution >= 4 is 11.7 Å². The lowest BCUT2D eigenvalue weighted by Gasteiger charge is -2.00. The van der Waals surface area contributed by atoms with E-state index in [2.05, 4.69) is 20.5 Å². The van der Waals surface area contributed by atoms with Gasteiger partial charge in [0.25, 0.3) is 5.91 Å². The van der Waals surface area contributed by atoms with Crippen molar-refractivity contribution in [2.75, 3.05) is 5.32 Å². The lowest BCUT2D eigenvalue weighted by atomic mass is 10.3. The highest BCUT2D eigenvalue weighted by atomic mass is 16.1. The summed E-state index contributed by atoms with van der Waals surface area (Å²) in [4.78, 5) is 14.4. The molecule has 0 saturated carbocycles. The number of carbonyl (C=O) groups excluding carboxylic acids is 1. The van der Waals surface area contributed by atoms with Crippen LogP contribution in [-0.2, 0) is 0 Å². The number of hydrogen-bond donors (Lipinski definition) is 3. The Morgan fingerprint density at radius 3 is 3.00 bits per heavy atom. The maximum absolute atomic E-state index is 11.5. The van der Waals surface area contributed by atoms with Gasteiger partial charge in [-0.1, -0.05) is 0 Å². The van der Waals surface area contributed by atoms with E-state index in [4.69, 9.17) is 0 Å². The number of hydrogen-bond acceptors (Lipinski definition) is 2. The summed E-state index contributed by atoms with van der Waals surface area (Å²) < 4.78 is 0. The summed E-state index contributed by atoms with van der Waals surface area (Å²) in [5.74, 6) is 0.451. The highest BCUT2D eigenvalue weighted by molar-refractivity contribution is 6.02. The Hall–Kier alpha value is -2.04. The van der Waals surface area contributed by atoms with E-state index in [1.54, 1.807) is 24.5 Å². The fraction of sp³-hybridized carbons (Fsp3) is 0.111. The molecule has 0 aliphatic heterocycles. The molecule has 0 saturated heterocycles. The molecule has 0 radical (unpaired) electrons. The van der Waals surface area contributed by atoms with Crippen LogP contribution in [0.4, 0.5) is 5.82 Å². The lowest BCUT2D eigenvalue weighted by Crippen LogP contribution is -2.13. The van der Waals surface area contributed by atoms with Crippen LogP contribution in [0.5, 0.6) is 0 Å². The lowest BCUT2D eigenvalue weighted by molar-refractivity contribution is 0.102. The number of nitrogens with zero attached hydrogens (tertiary/aromatic N) is 1. The smallest absolute Gasteiger partial charge is 0.273 e. The Kier molecular flexibility index (Phi) is 2.06. The SMILES string of the molecule is Cc1cn[nH]c1NC(=O)c1ccc[nH]1. The predicted octanol–water partition coefficient (Wildman–Crippen LogP) is 1.30. The average Bonchev–Trinajstić information content (AvgIpc) is 2.77. The first kappa shape index (κ1) is 8.55. The van der Waals surface area contributed by atoms with Crippen molar-refractivity contribution in [1.82, 2.24) is 15.2 Å². The van der Waals surface area contributed by atoms with Crippen molar-refractivity contribution in [3.05, 3.63) is 35.8 Å². The highest BCUT2D eigenvalue weighted by Crippen LogP contribution is 2.09. The molecule has 0 unspecified atom stereocenters. The average molecular weight is 190 g/mol. The summed E-state index contributed by atoms with van der Waals surface area (Å²) in [7, 11) is 0. The molecule has 0 aliphatic carbocycles. The second kappa shape index (κ2) is 3.37. The summed E-state index contributed by atoms with van der Waals surface area (Å²) in [5, 5.41) is 9.21. The van der Waals surface area contributed by atoms with E-state index in [-0.39, 0.29) is 5.91 Å². The van der Waals surface area contributed by atoms with E-state index in [0.717, 1.165) is 5.56 Å². The van der Waals surface area contributed by atoms with Crippen LogP contribution in [0.15, 0.2) is 24.5 Å². The molecule has 0 bridgehead atoms. The molecule has 2 heterocycles. The second-order valence-corrected chi connectivity index (χ2v) is 2.97. The van der Waals surface area contributed by atoms with Crippen LogP contribution in [-0.4, -0.2) is 21.1 Å². The van der Waals surface area contributed by atoms with Gasteiger partial charge in [-0.3, -0.25) is 9.89 Å². The Bertz CT molecular complexity index is 429. The number of H-pyrrole nitrogens is 2. The van der Waals surface area contributed by atoms with Crippen molar-refractivity contribution in [2.45, 2.75) is 6.92 Å². The summed E-state index contributed by atoms with van der Waals surface area (Å²) in [6.07, 6.45) is 3.36. The number of anilines is 1. The third-order valence-corrected chi connectivity index (χ3v) is 1.91. The topological polar surface area (TPSA) is 73.6 Å². The van der Waals surface area contributed by atoms with Crippen LogP contribution in [0.1, 0.15) is 16.1 Å². The van der Waals surface area contributed by atoms with Crippen molar-refractivity contribution < 1.29 is 4.79 Å². The van der Waals surface area contributed by atoms with Gasteiger partial charge in [-0.05, 0) is 19.1 Å². The van der Waals surface area contributed by atoms with E-state index >= 15 is 0 Å². The first-order valence-electron chi connectivity index (χ1n) is 4.22. The quantitative estimate of drug-likeness (QED) is 0.667. The van der Waals surface area contributed by atoms with E-state index in [1.807, 2.05) is 6.92 Å². The normalized spacial score (nSPS) is 10.1. The summed E-state index contributed by atoms with van der Waals surface area (Å²) in [6, 6.07) is 3.48. The molecular formula is C9H10N4O. The van der Waals surface area contributed by atoms with Gasteiger partial charge in [-0.25, -0.2) is 0 Å². The molecule has 1 amide bonds. The summed E-state index contributed by atoms with van der Waals surface area (Å²) in [6.45, 7) is 1.87. The number of nitrogens with one attached hydrogen (secondary N) is 3. The van der Waals surface area contributed by atoms with Gasteiger partial charge in [0.05, 0.1) is 6.20 Å². The molecule has 2 aromatic rings. The zero-order valence-corrected chi connectivity index (χ0v) is 7.66. The van der Waals surface area contributed by atoms with Gasteiger partial charge in [-0.2, -0.15) is 5.10 Å². The van der Waals surface area contributed by atoms with Gasteiger partial charge < -0.3 is 10.3 Å². The van der Waals surface area contributed by atoms with Crippen LogP contribution >= 0.6 is 0 Å². The molecule has 0 aromatic carbocycles. The molecule has 5 nitrogen and oxygen atoms in total. The van der Waals surface area contributed by atoms with E-state index in [1.165, 1.54) is 0 Å². The molecule has 72 valence electrons. The number of carbonyl (C=O) groups is 1. The van der Waals surface area contributed by atoms with Gasteiger partial charge in [0.1, 0.15) is 11.5 Å². The van der Waals surface area contributed by atoms with Gasteiger partial charge in [0.15, 0.2) is 0 Å². The molecule has 2 aromatic heterocycles. The minimum absolute atomic E-state index is 0.178. The first-order valence-corrected chi connectivity index (χ1v) is 4.22. The zero-order valence-electron chi connectivity index (χ0n) is 7.66. The van der Waals surface area contributed by atoms with Gasteiger partial charge in [0, 0.05) is 11.8 Å². The zero-order chi connectivity index (χ0) is 9.97. The standard InChI is InChI=1S/C9H10N4O/c1-6-5-11-13-8(6)12-9(14)7-3-2-4-10-7/h2-5,10H,1H3,(H2,11,12,13,14). The Morgan fingerprint density at radius 2 is 2.43 bits per heavy atom. The van der Waals surface area contributed by atoms with Crippen LogP contribution < -0.4 is 5.32 Å². The highest BCUT2D eigenvalue weighted by Gasteiger charge is 2.08. The molecule has 14 heavy (non-hydrogen) atoms. The number of aryl methyl sites for hydroxylation is 1.